The predicted molar refractivity (Wildman–Crippen MR) is 57.9 cm³/mol. The Kier molecular flexibility index (Phi) is 3.05. The molecule has 3 heteroatoms. The lowest BCUT2D eigenvalue weighted by Gasteiger charge is -2.04. The highest BCUT2D eigenvalue weighted by Gasteiger charge is 1.91. The summed E-state index contributed by atoms with van der Waals surface area (Å²) in [6.45, 7) is 1.86. The van der Waals surface area contributed by atoms with Crippen LogP contribution in [-0.2, 0) is 0 Å². The first-order chi connectivity index (χ1) is 5.72. The molecule has 0 aliphatic rings. The molecule has 0 aliphatic heterocycles. The highest BCUT2D eigenvalue weighted by molar-refractivity contribution is 7.80. The Balaban J connectivity index is 2.71. The van der Waals surface area contributed by atoms with E-state index in [0.717, 1.165) is 16.4 Å². The zero-order chi connectivity index (χ0) is 8.97. The fourth-order valence-electron chi connectivity index (χ4n) is 0.923. The molecule has 0 aromatic heterocycles. The summed E-state index contributed by atoms with van der Waals surface area (Å²) in [5, 5.41) is 6.11. The van der Waals surface area contributed by atoms with Gasteiger partial charge in [-0.2, -0.15) is 0 Å². The van der Waals surface area contributed by atoms with Gasteiger partial charge in [-0.25, -0.2) is 0 Å². The normalized spacial score (nSPS) is 9.17. The molecule has 12 heavy (non-hydrogen) atoms. The summed E-state index contributed by atoms with van der Waals surface area (Å²) in [6, 6.07) is 7.98. The lowest BCUT2D eigenvalue weighted by molar-refractivity contribution is 1.51. The van der Waals surface area contributed by atoms with Gasteiger partial charge < -0.3 is 10.6 Å². The van der Waals surface area contributed by atoms with E-state index in [0.29, 0.717) is 0 Å². The third kappa shape index (κ3) is 2.51. The number of thiocarbonyl (C=S) groups is 1. The van der Waals surface area contributed by atoms with Crippen molar-refractivity contribution in [1.82, 2.24) is 0 Å². The molecule has 1 rings (SSSR count). The highest BCUT2D eigenvalue weighted by Crippen LogP contribution is 2.12. The number of benzene rings is 1. The molecule has 0 saturated heterocycles. The van der Waals surface area contributed by atoms with Crippen molar-refractivity contribution in [3.63, 3.8) is 0 Å². The Morgan fingerprint density at radius 3 is 2.08 bits per heavy atom. The monoisotopic (exact) mass is 180 g/mol. The molecule has 0 fully saturated rings. The zero-order valence-electron chi connectivity index (χ0n) is 7.22. The SMILES string of the molecule is CNc1ccc(NC(C)=S)cc1. The fourth-order valence-corrected chi connectivity index (χ4v) is 1.04. The summed E-state index contributed by atoms with van der Waals surface area (Å²) in [7, 11) is 1.90. The smallest absolute Gasteiger partial charge is 0.0765 e. The Labute approximate surface area is 78.0 Å². The Morgan fingerprint density at radius 2 is 1.67 bits per heavy atom. The van der Waals surface area contributed by atoms with Gasteiger partial charge in [-0.3, -0.25) is 0 Å². The van der Waals surface area contributed by atoms with Crippen LogP contribution in [0.15, 0.2) is 24.3 Å². The summed E-state index contributed by atoms with van der Waals surface area (Å²) in [5.74, 6) is 0. The fraction of sp³-hybridized carbons (Fsp3) is 0.222. The van der Waals surface area contributed by atoms with E-state index >= 15 is 0 Å². The molecule has 64 valence electrons. The first kappa shape index (κ1) is 9.00. The molecule has 0 radical (unpaired) electrons. The van der Waals surface area contributed by atoms with Crippen LogP contribution in [0.1, 0.15) is 6.92 Å². The minimum Gasteiger partial charge on any atom is -0.388 e. The van der Waals surface area contributed by atoms with Crippen LogP contribution in [0.5, 0.6) is 0 Å². The van der Waals surface area contributed by atoms with Crippen LogP contribution in [0.2, 0.25) is 0 Å². The van der Waals surface area contributed by atoms with Crippen molar-refractivity contribution in [2.24, 2.45) is 0 Å². The van der Waals surface area contributed by atoms with Crippen LogP contribution >= 0.6 is 12.2 Å². The van der Waals surface area contributed by atoms with E-state index in [1.54, 1.807) is 0 Å². The number of anilines is 2. The van der Waals surface area contributed by atoms with Gasteiger partial charge >= 0.3 is 0 Å². The van der Waals surface area contributed by atoms with Gasteiger partial charge in [0, 0.05) is 18.4 Å². The van der Waals surface area contributed by atoms with Gasteiger partial charge in [0.15, 0.2) is 0 Å². The van der Waals surface area contributed by atoms with Crippen LogP contribution in [0.25, 0.3) is 0 Å². The predicted octanol–water partition coefficient (Wildman–Crippen LogP) is 2.49. The Bertz CT molecular complexity index is 266. The van der Waals surface area contributed by atoms with Gasteiger partial charge in [-0.15, -0.1) is 0 Å². The molecule has 0 saturated carbocycles. The highest BCUT2D eigenvalue weighted by atomic mass is 32.1. The minimum atomic E-state index is 0.784. The van der Waals surface area contributed by atoms with Crippen LogP contribution in [0, 0.1) is 0 Å². The van der Waals surface area contributed by atoms with Crippen molar-refractivity contribution in [2.45, 2.75) is 6.92 Å². The number of rotatable bonds is 2. The van der Waals surface area contributed by atoms with E-state index in [1.165, 1.54) is 0 Å². The standard InChI is InChI=1S/C9H12N2S/c1-7(12)11-9-5-3-8(10-2)4-6-9/h3-6,10H,1-2H3,(H,11,12). The van der Waals surface area contributed by atoms with E-state index in [-0.39, 0.29) is 0 Å². The first-order valence-electron chi connectivity index (χ1n) is 3.78. The number of hydrogen-bond donors (Lipinski definition) is 2. The van der Waals surface area contributed by atoms with Gasteiger partial charge in [0.25, 0.3) is 0 Å². The molecule has 0 aliphatic carbocycles. The molecule has 0 unspecified atom stereocenters. The van der Waals surface area contributed by atoms with Gasteiger partial charge in [0.05, 0.1) is 4.99 Å². The summed E-state index contributed by atoms with van der Waals surface area (Å²) >= 11 is 4.91. The molecule has 2 nitrogen and oxygen atoms in total. The quantitative estimate of drug-likeness (QED) is 0.684. The third-order valence-electron chi connectivity index (χ3n) is 1.49. The summed E-state index contributed by atoms with van der Waals surface area (Å²) in [4.78, 5) is 0.784. The molecule has 1 aromatic carbocycles. The van der Waals surface area contributed by atoms with Gasteiger partial charge in [0.2, 0.25) is 0 Å². The van der Waals surface area contributed by atoms with Gasteiger partial charge in [-0.05, 0) is 31.2 Å². The van der Waals surface area contributed by atoms with E-state index in [4.69, 9.17) is 12.2 Å². The third-order valence-corrected chi connectivity index (χ3v) is 1.60. The minimum absolute atomic E-state index is 0.784. The molecule has 1 aromatic rings. The topological polar surface area (TPSA) is 24.1 Å². The van der Waals surface area contributed by atoms with Crippen LogP contribution in [-0.4, -0.2) is 12.0 Å². The lowest BCUT2D eigenvalue weighted by atomic mass is 10.3. The summed E-state index contributed by atoms with van der Waals surface area (Å²) in [5.41, 5.74) is 2.13. The van der Waals surface area contributed by atoms with E-state index < -0.39 is 0 Å². The molecule has 0 bridgehead atoms. The second-order valence-electron chi connectivity index (χ2n) is 2.51. The molecular weight excluding hydrogens is 168 g/mol. The second-order valence-corrected chi connectivity index (χ2v) is 3.12. The average molecular weight is 180 g/mol. The largest absolute Gasteiger partial charge is 0.388 e. The maximum Gasteiger partial charge on any atom is 0.0765 e. The molecule has 0 atom stereocenters. The molecular formula is C9H12N2S. The molecule has 0 amide bonds. The van der Waals surface area contributed by atoms with Crippen LogP contribution < -0.4 is 10.6 Å². The summed E-state index contributed by atoms with van der Waals surface area (Å²) < 4.78 is 0. The van der Waals surface area contributed by atoms with Crippen molar-refractivity contribution in [2.75, 3.05) is 17.7 Å². The van der Waals surface area contributed by atoms with Crippen LogP contribution in [0.4, 0.5) is 11.4 Å². The van der Waals surface area contributed by atoms with Gasteiger partial charge in [0.1, 0.15) is 0 Å². The van der Waals surface area contributed by atoms with Crippen molar-refractivity contribution in [3.05, 3.63) is 24.3 Å². The summed E-state index contributed by atoms with van der Waals surface area (Å²) in [6.07, 6.45) is 0. The molecule has 0 heterocycles. The zero-order valence-corrected chi connectivity index (χ0v) is 8.03. The van der Waals surface area contributed by atoms with E-state index in [9.17, 15) is 0 Å². The van der Waals surface area contributed by atoms with Crippen LogP contribution in [0.3, 0.4) is 0 Å². The average Bonchev–Trinajstić information content (AvgIpc) is 2.05. The van der Waals surface area contributed by atoms with Gasteiger partial charge in [-0.1, -0.05) is 12.2 Å². The van der Waals surface area contributed by atoms with Crippen molar-refractivity contribution < 1.29 is 0 Å². The molecule has 2 N–H and O–H groups in total. The maximum atomic E-state index is 4.91. The lowest BCUT2D eigenvalue weighted by Crippen LogP contribution is -2.02. The Morgan fingerprint density at radius 1 is 1.17 bits per heavy atom. The van der Waals surface area contributed by atoms with E-state index in [2.05, 4.69) is 10.6 Å². The maximum absolute atomic E-state index is 4.91. The number of hydrogen-bond acceptors (Lipinski definition) is 2. The first-order valence-corrected chi connectivity index (χ1v) is 4.18. The van der Waals surface area contributed by atoms with E-state index in [1.807, 2.05) is 38.2 Å². The number of nitrogens with one attached hydrogen (secondary N) is 2. The van der Waals surface area contributed by atoms with Crippen molar-refractivity contribution in [1.29, 1.82) is 0 Å². The van der Waals surface area contributed by atoms with Crippen molar-refractivity contribution >= 4 is 28.6 Å². The Hall–Kier alpha value is -1.09. The van der Waals surface area contributed by atoms with Crippen molar-refractivity contribution in [3.8, 4) is 0 Å². The molecule has 0 spiro atoms. The second kappa shape index (κ2) is 4.07.